The van der Waals surface area contributed by atoms with E-state index < -0.39 is 18.0 Å². The first kappa shape index (κ1) is 11.4. The zero-order valence-electron chi connectivity index (χ0n) is 7.03. The third-order valence-corrected chi connectivity index (χ3v) is 1.05. The molecule has 0 unspecified atom stereocenters. The predicted molar refractivity (Wildman–Crippen MR) is 42.8 cm³/mol. The van der Waals surface area contributed by atoms with Gasteiger partial charge in [0.2, 0.25) is 5.91 Å². The Labute approximate surface area is 74.3 Å². The highest BCUT2D eigenvalue weighted by Crippen LogP contribution is 1.73. The van der Waals surface area contributed by atoms with Crippen molar-refractivity contribution in [2.45, 2.75) is 13.0 Å². The molecule has 0 aromatic rings. The molecule has 0 aliphatic carbocycles. The van der Waals surface area contributed by atoms with Crippen molar-refractivity contribution in [2.24, 2.45) is 5.73 Å². The molecule has 5 N–H and O–H groups in total. The number of amides is 3. The van der Waals surface area contributed by atoms with Crippen molar-refractivity contribution >= 4 is 17.9 Å². The summed E-state index contributed by atoms with van der Waals surface area (Å²) in [7, 11) is 0. The Balaban J connectivity index is 0.000000226. The van der Waals surface area contributed by atoms with Gasteiger partial charge >= 0.3 is 12.0 Å². The predicted octanol–water partition coefficient (Wildman–Crippen LogP) is -1.76. The molecular formula is C6H11N3O4. The number of rotatable bonds is 1. The number of nitrogens with two attached hydrogens (primary N) is 1. The summed E-state index contributed by atoms with van der Waals surface area (Å²) in [5.74, 6) is -1.22. The first-order valence-electron chi connectivity index (χ1n) is 3.49. The molecule has 0 aromatic carbocycles. The molecule has 0 aromatic heterocycles. The van der Waals surface area contributed by atoms with Gasteiger partial charge in [0.1, 0.15) is 6.04 Å². The molecule has 13 heavy (non-hydrogen) atoms. The molecule has 74 valence electrons. The molecule has 3 amide bonds. The fourth-order valence-corrected chi connectivity index (χ4v) is 0.376. The summed E-state index contributed by atoms with van der Waals surface area (Å²) in [6.07, 6.45) is 0. The quantitative estimate of drug-likeness (QED) is 0.364. The molecule has 0 saturated carbocycles. The van der Waals surface area contributed by atoms with E-state index in [1.54, 1.807) is 0 Å². The van der Waals surface area contributed by atoms with Crippen LogP contribution >= 0.6 is 0 Å². The lowest BCUT2D eigenvalue weighted by atomic mass is 10.4. The summed E-state index contributed by atoms with van der Waals surface area (Å²) in [5.41, 5.74) is 4.84. The van der Waals surface area contributed by atoms with Gasteiger partial charge in [-0.25, -0.2) is 4.79 Å². The monoisotopic (exact) mass is 189 g/mol. The number of carbonyl (C=O) groups is 3. The maximum absolute atomic E-state index is 10.1. The van der Waals surface area contributed by atoms with Gasteiger partial charge in [-0.05, 0) is 6.92 Å². The fourth-order valence-electron chi connectivity index (χ4n) is 0.376. The Morgan fingerprint density at radius 1 is 1.62 bits per heavy atom. The minimum atomic E-state index is -0.963. The third-order valence-electron chi connectivity index (χ3n) is 1.05. The molecule has 7 heteroatoms. The number of hydrogen-bond donors (Lipinski definition) is 4. The van der Waals surface area contributed by atoms with Crippen molar-refractivity contribution in [3.8, 4) is 0 Å². The maximum Gasteiger partial charge on any atom is 0.321 e. The van der Waals surface area contributed by atoms with Gasteiger partial charge in [-0.3, -0.25) is 14.9 Å². The van der Waals surface area contributed by atoms with Crippen molar-refractivity contribution in [1.82, 2.24) is 10.6 Å². The highest BCUT2D eigenvalue weighted by atomic mass is 16.4. The minimum absolute atomic E-state index is 0.124. The van der Waals surface area contributed by atoms with Crippen LogP contribution in [0.1, 0.15) is 6.92 Å². The van der Waals surface area contributed by atoms with Crippen LogP contribution in [0.5, 0.6) is 0 Å². The lowest BCUT2D eigenvalue weighted by Gasteiger charge is -1.90. The van der Waals surface area contributed by atoms with Crippen LogP contribution in [0.15, 0.2) is 0 Å². The Hall–Kier alpha value is -1.63. The lowest BCUT2D eigenvalue weighted by Crippen LogP contribution is -2.25. The third kappa shape index (κ3) is 5.62. The smallest absolute Gasteiger partial charge is 0.321 e. The summed E-state index contributed by atoms with van der Waals surface area (Å²) in [4.78, 5) is 29.6. The van der Waals surface area contributed by atoms with Crippen LogP contribution in [0.4, 0.5) is 4.79 Å². The van der Waals surface area contributed by atoms with Crippen LogP contribution in [0.3, 0.4) is 0 Å². The summed E-state index contributed by atoms with van der Waals surface area (Å²) in [6.45, 7) is 1.54. The number of urea groups is 1. The second kappa shape index (κ2) is 5.09. The van der Waals surface area contributed by atoms with Crippen LogP contribution < -0.4 is 16.4 Å². The topological polar surface area (TPSA) is 122 Å². The normalized spacial score (nSPS) is 16.5. The van der Waals surface area contributed by atoms with E-state index in [2.05, 4.69) is 5.32 Å². The van der Waals surface area contributed by atoms with Gasteiger partial charge in [-0.1, -0.05) is 0 Å². The molecule has 1 aliphatic rings. The van der Waals surface area contributed by atoms with Gasteiger partial charge in [-0.2, -0.15) is 0 Å². The molecular weight excluding hydrogens is 178 g/mol. The van der Waals surface area contributed by atoms with E-state index in [4.69, 9.17) is 10.8 Å². The largest absolute Gasteiger partial charge is 0.480 e. The first-order chi connectivity index (χ1) is 5.93. The number of hydrogen-bond acceptors (Lipinski definition) is 4. The average Bonchev–Trinajstić information content (AvgIpc) is 2.35. The van der Waals surface area contributed by atoms with E-state index in [9.17, 15) is 14.4 Å². The molecule has 1 rings (SSSR count). The Kier molecular flexibility index (Phi) is 4.45. The van der Waals surface area contributed by atoms with Gasteiger partial charge in [0.15, 0.2) is 0 Å². The summed E-state index contributed by atoms with van der Waals surface area (Å²) < 4.78 is 0. The Morgan fingerprint density at radius 2 is 2.08 bits per heavy atom. The molecule has 1 aliphatic heterocycles. The van der Waals surface area contributed by atoms with Crippen molar-refractivity contribution in [3.05, 3.63) is 0 Å². The van der Waals surface area contributed by atoms with Crippen molar-refractivity contribution in [3.63, 3.8) is 0 Å². The minimum Gasteiger partial charge on any atom is -0.480 e. The SMILES string of the molecule is C[C@@H](N)C(=O)O.O=C1CNC(=O)N1. The van der Waals surface area contributed by atoms with E-state index in [1.807, 2.05) is 5.32 Å². The van der Waals surface area contributed by atoms with Crippen LogP contribution in [0.2, 0.25) is 0 Å². The lowest BCUT2D eigenvalue weighted by molar-refractivity contribution is -0.138. The van der Waals surface area contributed by atoms with Crippen molar-refractivity contribution in [1.29, 1.82) is 0 Å². The second-order valence-electron chi connectivity index (χ2n) is 2.36. The number of aliphatic carboxylic acids is 1. The number of nitrogens with one attached hydrogen (secondary N) is 2. The summed E-state index contributed by atoms with van der Waals surface area (Å²) in [5, 5.41) is 12.2. The molecule has 7 nitrogen and oxygen atoms in total. The van der Waals surface area contributed by atoms with Crippen LogP contribution in [0.25, 0.3) is 0 Å². The van der Waals surface area contributed by atoms with E-state index in [0.29, 0.717) is 0 Å². The van der Waals surface area contributed by atoms with E-state index in [-0.39, 0.29) is 12.5 Å². The maximum atomic E-state index is 10.1. The van der Waals surface area contributed by atoms with E-state index in [0.717, 1.165) is 0 Å². The van der Waals surface area contributed by atoms with Crippen LogP contribution in [-0.2, 0) is 9.59 Å². The molecule has 0 spiro atoms. The number of carboxylic acids is 1. The average molecular weight is 189 g/mol. The number of imide groups is 1. The molecule has 1 atom stereocenters. The summed E-state index contributed by atoms with van der Waals surface area (Å²) in [6, 6.07) is -1.13. The highest BCUT2D eigenvalue weighted by molar-refractivity contribution is 6.01. The molecule has 1 fully saturated rings. The first-order valence-corrected chi connectivity index (χ1v) is 3.49. The van der Waals surface area contributed by atoms with Crippen LogP contribution in [-0.4, -0.2) is 35.6 Å². The van der Waals surface area contributed by atoms with Gasteiger partial charge < -0.3 is 16.2 Å². The molecule has 0 bridgehead atoms. The molecule has 1 heterocycles. The second-order valence-corrected chi connectivity index (χ2v) is 2.36. The van der Waals surface area contributed by atoms with Gasteiger partial charge in [0.05, 0.1) is 6.54 Å². The number of carbonyl (C=O) groups excluding carboxylic acids is 2. The van der Waals surface area contributed by atoms with E-state index in [1.165, 1.54) is 6.92 Å². The zero-order chi connectivity index (χ0) is 10.4. The zero-order valence-corrected chi connectivity index (χ0v) is 7.03. The number of carboxylic acid groups (broad SMARTS) is 1. The van der Waals surface area contributed by atoms with Gasteiger partial charge in [0, 0.05) is 0 Å². The Bertz CT molecular complexity index is 212. The van der Waals surface area contributed by atoms with Crippen LogP contribution in [0, 0.1) is 0 Å². The molecule has 0 radical (unpaired) electrons. The van der Waals surface area contributed by atoms with Crippen molar-refractivity contribution < 1.29 is 19.5 Å². The fraction of sp³-hybridized carbons (Fsp3) is 0.500. The summed E-state index contributed by atoms with van der Waals surface area (Å²) >= 11 is 0. The van der Waals surface area contributed by atoms with Gasteiger partial charge in [-0.15, -0.1) is 0 Å². The van der Waals surface area contributed by atoms with Crippen molar-refractivity contribution in [2.75, 3.05) is 6.54 Å². The van der Waals surface area contributed by atoms with E-state index >= 15 is 0 Å². The standard InChI is InChI=1S/C3H4N2O2.C3H7NO2/c6-2-1-4-3(7)5-2;1-2(4)3(5)6/h1H2,(H2,4,5,6,7);2H,4H2,1H3,(H,5,6)/t;2-/m.1/s1. The van der Waals surface area contributed by atoms with Gasteiger partial charge in [0.25, 0.3) is 0 Å². The Morgan fingerprint density at radius 3 is 2.15 bits per heavy atom. The molecule has 1 saturated heterocycles. The highest BCUT2D eigenvalue weighted by Gasteiger charge is 2.14.